The molecule has 1 atom stereocenters. The molecule has 3 heterocycles. The van der Waals surface area contributed by atoms with E-state index in [4.69, 9.17) is 23.2 Å². The number of nitrogens with one attached hydrogen (secondary N) is 2. The number of nitrogens with zero attached hydrogens (tertiary/aromatic N) is 3. The maximum Gasteiger partial charge on any atom is 0.431 e. The molecule has 2 N–H and O–H groups in total. The smallest absolute Gasteiger partial charge is 0.347 e. The Morgan fingerprint density at radius 1 is 1.09 bits per heavy atom. The minimum absolute atomic E-state index is 0.0225. The summed E-state index contributed by atoms with van der Waals surface area (Å²) in [5.74, 6) is -2.24. The Hall–Kier alpha value is -2.90. The molecule has 1 aromatic heterocycles. The number of benzene rings is 1. The quantitative estimate of drug-likeness (QED) is 0.591. The van der Waals surface area contributed by atoms with E-state index in [0.29, 0.717) is 0 Å². The number of hydrazone groups is 1. The van der Waals surface area contributed by atoms with E-state index in [9.17, 15) is 31.2 Å². The van der Waals surface area contributed by atoms with Gasteiger partial charge < -0.3 is 10.6 Å². The Kier molecular flexibility index (Phi) is 6.68. The number of anilines is 2. The highest BCUT2D eigenvalue weighted by Gasteiger charge is 2.46. The van der Waals surface area contributed by atoms with Gasteiger partial charge in [0.15, 0.2) is 15.7 Å². The first-order chi connectivity index (χ1) is 16.4. The standard InChI is InChI=1S/C20H16Cl2F3N5O4S/c21-12-4-1-3-11(18(31)27-10-8-35(33,34)9-10)16(12)28-19(32)14-7-15(20(23,24)25)29-30(14)17-13(22)5-2-6-26-17/h1-6,10,14H,7-9H2,(H,27,31)(H,28,32). The van der Waals surface area contributed by atoms with E-state index in [1.165, 1.54) is 36.5 Å². The maximum absolute atomic E-state index is 13.4. The van der Waals surface area contributed by atoms with Crippen LogP contribution in [-0.4, -0.2) is 60.7 Å². The molecule has 2 aliphatic heterocycles. The highest BCUT2D eigenvalue weighted by Crippen LogP contribution is 2.35. The molecule has 0 saturated carbocycles. The summed E-state index contributed by atoms with van der Waals surface area (Å²) in [4.78, 5) is 29.8. The normalized spacial score (nSPS) is 19.6. The van der Waals surface area contributed by atoms with Crippen molar-refractivity contribution in [3.8, 4) is 0 Å². The van der Waals surface area contributed by atoms with Crippen molar-refractivity contribution in [1.82, 2.24) is 10.3 Å². The van der Waals surface area contributed by atoms with E-state index in [1.54, 1.807) is 0 Å². The van der Waals surface area contributed by atoms with Crippen LogP contribution < -0.4 is 15.6 Å². The van der Waals surface area contributed by atoms with Gasteiger partial charge in [-0.1, -0.05) is 29.3 Å². The lowest BCUT2D eigenvalue weighted by Crippen LogP contribution is -2.53. The number of amides is 2. The van der Waals surface area contributed by atoms with Gasteiger partial charge in [0.05, 0.1) is 38.8 Å². The first-order valence-electron chi connectivity index (χ1n) is 10.0. The van der Waals surface area contributed by atoms with Crippen LogP contribution in [0.25, 0.3) is 0 Å². The van der Waals surface area contributed by atoms with Crippen LogP contribution in [0.3, 0.4) is 0 Å². The molecule has 0 bridgehead atoms. The SMILES string of the molecule is O=C(NC1CS(=O)(=O)C1)c1cccc(Cl)c1NC(=O)C1CC(C(F)(F)F)=NN1c1ncccc1Cl. The molecule has 2 aliphatic rings. The summed E-state index contributed by atoms with van der Waals surface area (Å²) in [6.07, 6.45) is -4.31. The second-order valence-electron chi connectivity index (χ2n) is 7.82. The monoisotopic (exact) mass is 549 g/mol. The highest BCUT2D eigenvalue weighted by molar-refractivity contribution is 7.92. The summed E-state index contributed by atoms with van der Waals surface area (Å²) in [5.41, 5.74) is -1.44. The van der Waals surface area contributed by atoms with Gasteiger partial charge in [-0.05, 0) is 24.3 Å². The van der Waals surface area contributed by atoms with Crippen molar-refractivity contribution in [2.24, 2.45) is 5.10 Å². The molecule has 1 unspecified atom stereocenters. The molecule has 1 saturated heterocycles. The predicted molar refractivity (Wildman–Crippen MR) is 124 cm³/mol. The number of carbonyl (C=O) groups excluding carboxylic acids is 2. The van der Waals surface area contributed by atoms with Gasteiger partial charge in [0.1, 0.15) is 11.8 Å². The third-order valence-corrected chi connectivity index (χ3v) is 7.68. The van der Waals surface area contributed by atoms with Crippen molar-refractivity contribution in [3.05, 3.63) is 52.1 Å². The summed E-state index contributed by atoms with van der Waals surface area (Å²) >= 11 is 12.3. The van der Waals surface area contributed by atoms with Gasteiger partial charge in [-0.15, -0.1) is 0 Å². The fourth-order valence-electron chi connectivity index (χ4n) is 3.58. The lowest BCUT2D eigenvalue weighted by Gasteiger charge is -2.27. The molecule has 1 fully saturated rings. The van der Waals surface area contributed by atoms with Gasteiger partial charge in [0, 0.05) is 12.6 Å². The second kappa shape index (κ2) is 9.28. The summed E-state index contributed by atoms with van der Waals surface area (Å²) < 4.78 is 62.9. The Balaban J connectivity index is 1.60. The molecule has 2 aromatic rings. The van der Waals surface area contributed by atoms with Crippen LogP contribution in [0.1, 0.15) is 16.8 Å². The zero-order valence-electron chi connectivity index (χ0n) is 17.5. The van der Waals surface area contributed by atoms with Crippen LogP contribution in [-0.2, 0) is 14.6 Å². The third-order valence-electron chi connectivity index (χ3n) is 5.25. The van der Waals surface area contributed by atoms with Gasteiger partial charge in [0.25, 0.3) is 5.91 Å². The molecule has 2 amide bonds. The zero-order valence-corrected chi connectivity index (χ0v) is 19.8. The molecule has 0 aliphatic carbocycles. The van der Waals surface area contributed by atoms with E-state index in [0.717, 1.165) is 5.01 Å². The van der Waals surface area contributed by atoms with Gasteiger partial charge in [0.2, 0.25) is 5.91 Å². The number of para-hydroxylation sites is 1. The zero-order chi connectivity index (χ0) is 25.5. The number of carbonyl (C=O) groups is 2. The number of hydrogen-bond acceptors (Lipinski definition) is 7. The first-order valence-corrected chi connectivity index (χ1v) is 12.6. The number of alkyl halides is 3. The summed E-state index contributed by atoms with van der Waals surface area (Å²) in [6, 6.07) is 4.90. The number of hydrogen-bond donors (Lipinski definition) is 2. The average molecular weight is 550 g/mol. The van der Waals surface area contributed by atoms with Crippen molar-refractivity contribution >= 4 is 62.1 Å². The highest BCUT2D eigenvalue weighted by atomic mass is 35.5. The van der Waals surface area contributed by atoms with E-state index < -0.39 is 52.0 Å². The molecule has 1 aromatic carbocycles. The summed E-state index contributed by atoms with van der Waals surface area (Å²) in [5, 5.41) is 9.18. The van der Waals surface area contributed by atoms with Crippen LogP contribution in [0, 0.1) is 0 Å². The molecule has 186 valence electrons. The molecule has 0 spiro atoms. The Bertz CT molecular complexity index is 1320. The van der Waals surface area contributed by atoms with Crippen molar-refractivity contribution in [3.63, 3.8) is 0 Å². The fourth-order valence-corrected chi connectivity index (χ4v) is 5.31. The van der Waals surface area contributed by atoms with Gasteiger partial charge in [-0.3, -0.25) is 9.59 Å². The molecule has 9 nitrogen and oxygen atoms in total. The Morgan fingerprint density at radius 3 is 2.40 bits per heavy atom. The minimum atomic E-state index is -4.80. The fraction of sp³-hybridized carbons (Fsp3) is 0.300. The molecule has 15 heteroatoms. The lowest BCUT2D eigenvalue weighted by atomic mass is 10.1. The van der Waals surface area contributed by atoms with Crippen LogP contribution in [0.4, 0.5) is 24.7 Å². The minimum Gasteiger partial charge on any atom is -0.347 e. The summed E-state index contributed by atoms with van der Waals surface area (Å²) in [7, 11) is -3.20. The number of aromatic nitrogens is 1. The Morgan fingerprint density at radius 2 is 1.77 bits per heavy atom. The first kappa shape index (κ1) is 25.2. The molecule has 4 rings (SSSR count). The second-order valence-corrected chi connectivity index (χ2v) is 10.8. The van der Waals surface area contributed by atoms with Crippen molar-refractivity contribution in [2.75, 3.05) is 21.8 Å². The number of halogens is 5. The number of sulfone groups is 1. The Labute approximate surface area is 207 Å². The molecule has 35 heavy (non-hydrogen) atoms. The molecular weight excluding hydrogens is 534 g/mol. The van der Waals surface area contributed by atoms with E-state index in [-0.39, 0.29) is 38.6 Å². The van der Waals surface area contributed by atoms with Crippen molar-refractivity contribution < 1.29 is 31.2 Å². The van der Waals surface area contributed by atoms with Crippen LogP contribution in [0.2, 0.25) is 10.0 Å². The topological polar surface area (TPSA) is 121 Å². The maximum atomic E-state index is 13.4. The number of rotatable bonds is 5. The van der Waals surface area contributed by atoms with Crippen LogP contribution in [0.5, 0.6) is 0 Å². The molecule has 0 radical (unpaired) electrons. The van der Waals surface area contributed by atoms with Gasteiger partial charge in [-0.2, -0.15) is 18.3 Å². The van der Waals surface area contributed by atoms with Crippen molar-refractivity contribution in [1.29, 1.82) is 0 Å². The van der Waals surface area contributed by atoms with Gasteiger partial charge >= 0.3 is 6.18 Å². The van der Waals surface area contributed by atoms with Gasteiger partial charge in [-0.25, -0.2) is 18.4 Å². The summed E-state index contributed by atoms with van der Waals surface area (Å²) in [6.45, 7) is 0. The molecular formula is C20H16Cl2F3N5O4S. The van der Waals surface area contributed by atoms with Crippen molar-refractivity contribution in [2.45, 2.75) is 24.7 Å². The number of pyridine rings is 1. The lowest BCUT2D eigenvalue weighted by molar-refractivity contribution is -0.117. The van der Waals surface area contributed by atoms with Crippen LogP contribution >= 0.6 is 23.2 Å². The van der Waals surface area contributed by atoms with E-state index in [1.807, 2.05) is 0 Å². The van der Waals surface area contributed by atoms with Crippen LogP contribution in [0.15, 0.2) is 41.6 Å². The van der Waals surface area contributed by atoms with E-state index >= 15 is 0 Å². The van der Waals surface area contributed by atoms with E-state index in [2.05, 4.69) is 20.7 Å². The largest absolute Gasteiger partial charge is 0.431 e. The average Bonchev–Trinajstić information content (AvgIpc) is 3.20. The predicted octanol–water partition coefficient (Wildman–Crippen LogP) is 3.05. The third kappa shape index (κ3) is 5.36.